The molecule has 0 N–H and O–H groups in total. The summed E-state index contributed by atoms with van der Waals surface area (Å²) in [5.41, 5.74) is 0.241. The summed E-state index contributed by atoms with van der Waals surface area (Å²) >= 11 is 5.67. The molecule has 17 heavy (non-hydrogen) atoms. The number of methoxy groups -OCH3 is 1. The third-order valence-corrected chi connectivity index (χ3v) is 1.99. The monoisotopic (exact) mass is 278 g/mol. The fourth-order valence-corrected chi connectivity index (χ4v) is 1.19. The fourth-order valence-electron chi connectivity index (χ4n) is 1.00. The minimum atomic E-state index is -1.07. The molecule has 0 heterocycles. The van der Waals surface area contributed by atoms with Crippen molar-refractivity contribution in [2.45, 2.75) is 0 Å². The molecule has 4 nitrogen and oxygen atoms in total. The van der Waals surface area contributed by atoms with Gasteiger partial charge in [-0.1, -0.05) is 29.5 Å². The molecule has 0 fully saturated rings. The second kappa shape index (κ2) is 8.02. The molecule has 0 bridgehead atoms. The quantitative estimate of drug-likeness (QED) is 0.207. The Morgan fingerprint density at radius 2 is 2.06 bits per heavy atom. The first kappa shape index (κ1) is 16.8. The van der Waals surface area contributed by atoms with E-state index >= 15 is 0 Å². The number of carbonyl (C=O) groups excluding carboxylic acids is 2. The Morgan fingerprint density at radius 1 is 1.41 bits per heavy atom. The van der Waals surface area contributed by atoms with Gasteiger partial charge in [-0.25, -0.2) is 4.79 Å². The van der Waals surface area contributed by atoms with Crippen LogP contribution in [-0.4, -0.2) is 18.9 Å². The van der Waals surface area contributed by atoms with E-state index in [0.717, 1.165) is 7.11 Å². The number of benzene rings is 1. The maximum absolute atomic E-state index is 11.5. The van der Waals surface area contributed by atoms with Crippen LogP contribution in [-0.2, 0) is 14.3 Å². The molecular formula is C11H8ClKO4. The first-order valence-electron chi connectivity index (χ1n) is 4.31. The Hall–Kier alpha value is -0.174. The van der Waals surface area contributed by atoms with Crippen molar-refractivity contribution in [3.63, 3.8) is 0 Å². The van der Waals surface area contributed by atoms with E-state index in [1.165, 1.54) is 12.1 Å². The van der Waals surface area contributed by atoms with Gasteiger partial charge in [0.15, 0.2) is 0 Å². The van der Waals surface area contributed by atoms with Gasteiger partial charge in [-0.05, 0) is 23.8 Å². The van der Waals surface area contributed by atoms with E-state index < -0.39 is 17.5 Å². The van der Waals surface area contributed by atoms with Crippen LogP contribution < -0.4 is 56.5 Å². The molecule has 1 aromatic carbocycles. The van der Waals surface area contributed by atoms with Crippen LogP contribution in [0.25, 0.3) is 5.76 Å². The third-order valence-electron chi connectivity index (χ3n) is 1.76. The molecule has 0 radical (unpaired) electrons. The second-order valence-electron chi connectivity index (χ2n) is 2.87. The molecule has 84 valence electrons. The topological polar surface area (TPSA) is 66.4 Å². The number of hydrogen-bond donors (Lipinski definition) is 0. The molecule has 0 amide bonds. The summed E-state index contributed by atoms with van der Waals surface area (Å²) in [5.74, 6) is -2.65. The number of ether oxygens (including phenoxy) is 1. The summed E-state index contributed by atoms with van der Waals surface area (Å²) in [6.07, 6.45) is 0.678. The summed E-state index contributed by atoms with van der Waals surface area (Å²) in [6.45, 7) is 0. The molecule has 0 spiro atoms. The summed E-state index contributed by atoms with van der Waals surface area (Å²) < 4.78 is 4.17. The van der Waals surface area contributed by atoms with Gasteiger partial charge in [0.2, 0.25) is 0 Å². The van der Waals surface area contributed by atoms with Crippen molar-refractivity contribution in [2.24, 2.45) is 0 Å². The summed E-state index contributed by atoms with van der Waals surface area (Å²) in [5, 5.41) is 11.9. The second-order valence-corrected chi connectivity index (χ2v) is 3.31. The molecule has 0 atom stereocenters. The molecule has 0 saturated carbocycles. The van der Waals surface area contributed by atoms with Gasteiger partial charge in [-0.15, -0.1) is 0 Å². The molecule has 0 aliphatic carbocycles. The molecule has 1 aromatic rings. The van der Waals surface area contributed by atoms with Gasteiger partial charge in [-0.3, -0.25) is 4.79 Å². The predicted octanol–water partition coefficient (Wildman–Crippen LogP) is -2.21. The van der Waals surface area contributed by atoms with Crippen LogP contribution in [0.5, 0.6) is 0 Å². The molecule has 0 unspecified atom stereocenters. The van der Waals surface area contributed by atoms with E-state index in [1.54, 1.807) is 12.1 Å². The molecule has 1 rings (SSSR count). The van der Waals surface area contributed by atoms with Gasteiger partial charge in [0.1, 0.15) is 0 Å². The first-order valence-corrected chi connectivity index (χ1v) is 4.69. The van der Waals surface area contributed by atoms with E-state index in [4.69, 9.17) is 11.6 Å². The van der Waals surface area contributed by atoms with Crippen LogP contribution in [0.2, 0.25) is 5.02 Å². The van der Waals surface area contributed by atoms with Crippen molar-refractivity contribution in [3.05, 3.63) is 40.9 Å². The van der Waals surface area contributed by atoms with Gasteiger partial charge < -0.3 is 9.84 Å². The zero-order valence-electron chi connectivity index (χ0n) is 9.40. The Morgan fingerprint density at radius 3 is 2.59 bits per heavy atom. The van der Waals surface area contributed by atoms with Gasteiger partial charge in [-0.2, -0.15) is 0 Å². The normalized spacial score (nSPS) is 10.4. The maximum atomic E-state index is 11.5. The summed E-state index contributed by atoms with van der Waals surface area (Å²) in [6, 6.07) is 6.08. The smallest absolute Gasteiger partial charge is 0.872 e. The largest absolute Gasteiger partial charge is 1.00 e. The van der Waals surface area contributed by atoms with Crippen molar-refractivity contribution >= 4 is 29.1 Å². The number of ketones is 1. The summed E-state index contributed by atoms with van der Waals surface area (Å²) in [4.78, 5) is 21.8. The Balaban J connectivity index is 0.00000256. The molecule has 0 saturated heterocycles. The number of carbonyl (C=O) groups is 2. The SMILES string of the molecule is COC(=O)C(=O)/C=C(\[O-])c1cccc(Cl)c1.[K+]. The van der Waals surface area contributed by atoms with E-state index in [2.05, 4.69) is 4.74 Å². The number of rotatable bonds is 3. The minimum Gasteiger partial charge on any atom is -0.872 e. The van der Waals surface area contributed by atoms with Gasteiger partial charge in [0.05, 0.1) is 7.11 Å². The van der Waals surface area contributed by atoms with Gasteiger partial charge in [0, 0.05) is 5.02 Å². The number of esters is 1. The molecule has 0 aromatic heterocycles. The first-order chi connectivity index (χ1) is 7.54. The molecular weight excluding hydrogens is 271 g/mol. The minimum absolute atomic E-state index is 0. The Kier molecular flexibility index (Phi) is 7.94. The van der Waals surface area contributed by atoms with Crippen LogP contribution in [0.4, 0.5) is 0 Å². The van der Waals surface area contributed by atoms with Crippen molar-refractivity contribution in [1.82, 2.24) is 0 Å². The van der Waals surface area contributed by atoms with E-state index in [0.29, 0.717) is 11.1 Å². The van der Waals surface area contributed by atoms with Crippen molar-refractivity contribution in [1.29, 1.82) is 0 Å². The molecule has 0 aliphatic heterocycles. The van der Waals surface area contributed by atoms with Crippen LogP contribution in [0.3, 0.4) is 0 Å². The molecule has 0 aliphatic rings. The number of halogens is 1. The average Bonchev–Trinajstić information content (AvgIpc) is 2.27. The fraction of sp³-hybridized carbons (Fsp3) is 0.0909. The zero-order valence-corrected chi connectivity index (χ0v) is 13.3. The van der Waals surface area contributed by atoms with E-state index in [-0.39, 0.29) is 56.9 Å². The number of hydrogen-bond acceptors (Lipinski definition) is 4. The maximum Gasteiger partial charge on any atom is 1.00 e. The summed E-state index contributed by atoms with van der Waals surface area (Å²) in [7, 11) is 1.07. The standard InChI is InChI=1S/C11H9ClO4.K/c1-16-11(15)10(14)6-9(13)7-3-2-4-8(12)5-7;/h2-6,13H,1H3;/q;+1/p-1/b9-6-;. The van der Waals surface area contributed by atoms with Crippen LogP contribution in [0, 0.1) is 0 Å². The van der Waals surface area contributed by atoms with Crippen molar-refractivity contribution in [3.8, 4) is 0 Å². The zero-order chi connectivity index (χ0) is 12.1. The Bertz CT molecular complexity index is 457. The van der Waals surface area contributed by atoms with Crippen molar-refractivity contribution in [2.75, 3.05) is 7.11 Å². The van der Waals surface area contributed by atoms with Crippen LogP contribution >= 0.6 is 11.6 Å². The van der Waals surface area contributed by atoms with Gasteiger partial charge >= 0.3 is 57.4 Å². The van der Waals surface area contributed by atoms with Crippen LogP contribution in [0.1, 0.15) is 5.56 Å². The Labute approximate surface area is 146 Å². The van der Waals surface area contributed by atoms with E-state index in [1.807, 2.05) is 0 Å². The third kappa shape index (κ3) is 5.33. The molecule has 6 heteroatoms. The average molecular weight is 279 g/mol. The van der Waals surface area contributed by atoms with E-state index in [9.17, 15) is 14.7 Å². The van der Waals surface area contributed by atoms with Crippen molar-refractivity contribution < 1.29 is 70.8 Å². The van der Waals surface area contributed by atoms with Gasteiger partial charge in [0.25, 0.3) is 5.78 Å². The predicted molar refractivity (Wildman–Crippen MR) is 56.5 cm³/mol. The van der Waals surface area contributed by atoms with Crippen LogP contribution in [0.15, 0.2) is 30.3 Å².